The Hall–Kier alpha value is -8.05. The summed E-state index contributed by atoms with van der Waals surface area (Å²) in [5.74, 6) is 0. The zero-order valence-electron chi connectivity index (χ0n) is 28.2. The van der Waals surface area contributed by atoms with Crippen LogP contribution < -0.4 is 0 Å². The van der Waals surface area contributed by atoms with Crippen LogP contribution in [0.4, 0.5) is 26.3 Å². The van der Waals surface area contributed by atoms with E-state index in [0.717, 1.165) is 6.07 Å². The minimum Gasteiger partial charge on any atom is -0.309 e. The summed E-state index contributed by atoms with van der Waals surface area (Å²) in [7, 11) is 0. The van der Waals surface area contributed by atoms with Crippen molar-refractivity contribution >= 4 is 43.6 Å². The topological polar surface area (TPSA) is 129 Å². The molecule has 2 aromatic heterocycles. The molecule has 266 valence electrons. The summed E-state index contributed by atoms with van der Waals surface area (Å²) in [6.07, 6.45) is -10.6. The van der Waals surface area contributed by atoms with E-state index < -0.39 is 34.6 Å². The highest BCUT2D eigenvalue weighted by molar-refractivity contribution is 6.12. The number of halogens is 6. The SMILES string of the molecule is N#Cc1ccc2c(c1)c1cc(C#N)ccc1n2-c1cc(-c2c(C(F)(F)F)cccc2C(F)(F)F)c(-n2c3ccc(C#N)cc3c3cc(C#N)ccc32)cc1C#N. The van der Waals surface area contributed by atoms with Crippen molar-refractivity contribution in [1.29, 1.82) is 26.3 Å². The summed E-state index contributed by atoms with van der Waals surface area (Å²) in [5.41, 5.74) is -3.17. The zero-order chi connectivity index (χ0) is 39.7. The second kappa shape index (κ2) is 12.5. The van der Waals surface area contributed by atoms with Gasteiger partial charge in [-0.3, -0.25) is 0 Å². The molecule has 0 atom stereocenters. The van der Waals surface area contributed by atoms with Gasteiger partial charge in [-0.1, -0.05) is 6.07 Å². The van der Waals surface area contributed by atoms with E-state index in [9.17, 15) is 52.7 Å². The summed E-state index contributed by atoms with van der Waals surface area (Å²) >= 11 is 0. The van der Waals surface area contributed by atoms with Gasteiger partial charge in [0.2, 0.25) is 0 Å². The zero-order valence-corrected chi connectivity index (χ0v) is 28.2. The lowest BCUT2D eigenvalue weighted by atomic mass is 9.90. The first-order chi connectivity index (χ1) is 26.8. The van der Waals surface area contributed by atoms with E-state index in [1.54, 1.807) is 24.3 Å². The van der Waals surface area contributed by atoms with Crippen LogP contribution >= 0.6 is 0 Å². The molecule has 0 aliphatic carbocycles. The highest BCUT2D eigenvalue weighted by Gasteiger charge is 2.42. The lowest BCUT2D eigenvalue weighted by Crippen LogP contribution is -2.15. The van der Waals surface area contributed by atoms with Gasteiger partial charge in [0.15, 0.2) is 0 Å². The van der Waals surface area contributed by atoms with Gasteiger partial charge in [-0.25, -0.2) is 0 Å². The van der Waals surface area contributed by atoms with Crippen LogP contribution in [0, 0.1) is 56.7 Å². The largest absolute Gasteiger partial charge is 0.417 e. The fourth-order valence-electron chi connectivity index (χ4n) is 7.40. The Morgan fingerprint density at radius 3 is 1.09 bits per heavy atom. The van der Waals surface area contributed by atoms with E-state index >= 15 is 0 Å². The normalized spacial score (nSPS) is 11.7. The van der Waals surface area contributed by atoms with Crippen LogP contribution in [0.2, 0.25) is 0 Å². The number of aromatic nitrogens is 2. The third kappa shape index (κ3) is 5.33. The third-order valence-electron chi connectivity index (χ3n) is 9.71. The van der Waals surface area contributed by atoms with Crippen molar-refractivity contribution < 1.29 is 26.3 Å². The van der Waals surface area contributed by atoms with Gasteiger partial charge in [-0.05, 0) is 97.1 Å². The summed E-state index contributed by atoms with van der Waals surface area (Å²) < 4.78 is 92.8. The van der Waals surface area contributed by atoms with E-state index in [4.69, 9.17) is 0 Å². The predicted molar refractivity (Wildman–Crippen MR) is 194 cm³/mol. The average molecular weight is 746 g/mol. The van der Waals surface area contributed by atoms with E-state index in [-0.39, 0.29) is 50.2 Å². The van der Waals surface area contributed by atoms with Crippen LogP contribution in [0.25, 0.3) is 66.1 Å². The molecular formula is C43H17F6N7. The summed E-state index contributed by atoms with van der Waals surface area (Å²) in [5, 5.41) is 51.2. The molecule has 0 radical (unpaired) electrons. The number of rotatable bonds is 3. The predicted octanol–water partition coefficient (Wildman–Crippen LogP) is 10.9. The van der Waals surface area contributed by atoms with Crippen molar-refractivity contribution in [3.05, 3.63) is 142 Å². The van der Waals surface area contributed by atoms with Crippen LogP contribution in [-0.2, 0) is 12.4 Å². The van der Waals surface area contributed by atoms with Crippen molar-refractivity contribution in [2.75, 3.05) is 0 Å². The third-order valence-corrected chi connectivity index (χ3v) is 9.71. The van der Waals surface area contributed by atoms with Crippen LogP contribution in [0.3, 0.4) is 0 Å². The Balaban J connectivity index is 1.61. The monoisotopic (exact) mass is 745 g/mol. The molecule has 8 rings (SSSR count). The van der Waals surface area contributed by atoms with E-state index in [2.05, 4.69) is 6.07 Å². The fourth-order valence-corrected chi connectivity index (χ4v) is 7.40. The van der Waals surface area contributed by atoms with Gasteiger partial charge in [0.1, 0.15) is 6.07 Å². The van der Waals surface area contributed by atoms with Crippen LogP contribution in [0.5, 0.6) is 0 Å². The Kier molecular flexibility index (Phi) is 7.83. The molecule has 56 heavy (non-hydrogen) atoms. The standard InChI is InChI=1S/C43H17F6N7/c44-42(45,46)33-2-1-3-34(43(47,48)49)41(33)32-17-39(55-35-8-4-23(18-50)12-28(35)29-13-24(19-51)5-9-36(29)55)27(22-54)16-40(32)56-37-10-6-25(20-52)14-30(37)31-15-26(21-53)7-11-38(31)56/h1-17H. The lowest BCUT2D eigenvalue weighted by Gasteiger charge is -2.23. The molecule has 2 heterocycles. The molecular weight excluding hydrogens is 729 g/mol. The quantitative estimate of drug-likeness (QED) is 0.166. The first-order valence-electron chi connectivity index (χ1n) is 16.4. The van der Waals surface area contributed by atoms with Gasteiger partial charge in [0.05, 0.1) is 96.7 Å². The molecule has 0 aliphatic rings. The highest BCUT2D eigenvalue weighted by atomic mass is 19.4. The van der Waals surface area contributed by atoms with Crippen LogP contribution in [-0.4, -0.2) is 9.13 Å². The molecule has 0 bridgehead atoms. The van der Waals surface area contributed by atoms with Crippen molar-refractivity contribution in [2.45, 2.75) is 12.4 Å². The Labute approximate surface area is 312 Å². The summed E-state index contributed by atoms with van der Waals surface area (Å²) in [6.45, 7) is 0. The fraction of sp³-hybridized carbons (Fsp3) is 0.0465. The van der Waals surface area contributed by atoms with Gasteiger partial charge in [-0.2, -0.15) is 52.7 Å². The Bertz CT molecular complexity index is 3060. The molecule has 0 fully saturated rings. The number of nitriles is 5. The summed E-state index contributed by atoms with van der Waals surface area (Å²) in [4.78, 5) is 0. The number of alkyl halides is 6. The minimum atomic E-state index is -5.28. The Morgan fingerprint density at radius 2 is 0.768 bits per heavy atom. The molecule has 8 aromatic rings. The average Bonchev–Trinajstić information content (AvgIpc) is 3.70. The molecule has 6 aromatic carbocycles. The maximum absolute atomic E-state index is 15.0. The van der Waals surface area contributed by atoms with E-state index in [0.29, 0.717) is 50.8 Å². The lowest BCUT2D eigenvalue weighted by molar-refractivity contribution is -0.142. The maximum Gasteiger partial charge on any atom is 0.417 e. The number of nitrogens with zero attached hydrogens (tertiary/aromatic N) is 7. The molecule has 0 saturated heterocycles. The molecule has 0 unspecified atom stereocenters. The van der Waals surface area contributed by atoms with Gasteiger partial charge in [0, 0.05) is 32.7 Å². The van der Waals surface area contributed by atoms with Gasteiger partial charge in [0.25, 0.3) is 0 Å². The first kappa shape index (κ1) is 35.0. The van der Waals surface area contributed by atoms with Gasteiger partial charge < -0.3 is 9.13 Å². The van der Waals surface area contributed by atoms with Crippen molar-refractivity contribution in [3.63, 3.8) is 0 Å². The van der Waals surface area contributed by atoms with Crippen LogP contribution in [0.1, 0.15) is 38.9 Å². The second-order valence-electron chi connectivity index (χ2n) is 12.8. The summed E-state index contributed by atoms with van der Waals surface area (Å²) in [6, 6.07) is 32.4. The molecule has 0 aliphatic heterocycles. The van der Waals surface area contributed by atoms with Crippen molar-refractivity contribution in [2.24, 2.45) is 0 Å². The van der Waals surface area contributed by atoms with Gasteiger partial charge in [-0.15, -0.1) is 0 Å². The maximum atomic E-state index is 15.0. The highest BCUT2D eigenvalue weighted by Crippen LogP contribution is 2.49. The van der Waals surface area contributed by atoms with Gasteiger partial charge >= 0.3 is 12.4 Å². The smallest absolute Gasteiger partial charge is 0.309 e. The van der Waals surface area contributed by atoms with Crippen LogP contribution in [0.15, 0.2) is 103 Å². The first-order valence-corrected chi connectivity index (χ1v) is 16.4. The molecule has 0 amide bonds. The number of fused-ring (bicyclic) bond motifs is 6. The molecule has 0 spiro atoms. The molecule has 0 saturated carbocycles. The molecule has 7 nitrogen and oxygen atoms in total. The number of benzene rings is 6. The minimum absolute atomic E-state index is 0.0786. The number of hydrogen-bond acceptors (Lipinski definition) is 5. The van der Waals surface area contributed by atoms with Crippen molar-refractivity contribution in [1.82, 2.24) is 9.13 Å². The van der Waals surface area contributed by atoms with Crippen molar-refractivity contribution in [3.8, 4) is 52.8 Å². The van der Waals surface area contributed by atoms with E-state index in [1.165, 1.54) is 63.7 Å². The number of hydrogen-bond donors (Lipinski definition) is 0. The molecule has 13 heteroatoms. The Morgan fingerprint density at radius 1 is 0.411 bits per heavy atom. The molecule has 0 N–H and O–H groups in total. The second-order valence-corrected chi connectivity index (χ2v) is 12.8. The van der Waals surface area contributed by atoms with E-state index in [1.807, 2.05) is 24.3 Å².